The molecule has 3 nitrogen and oxygen atoms in total. The van der Waals surface area contributed by atoms with Gasteiger partial charge in [-0.2, -0.15) is 0 Å². The van der Waals surface area contributed by atoms with Gasteiger partial charge in [0.05, 0.1) is 12.7 Å². The topological polar surface area (TPSA) is 41.5 Å². The fourth-order valence-corrected chi connectivity index (χ4v) is 2.91. The second kappa shape index (κ2) is 6.66. The molecule has 18 heavy (non-hydrogen) atoms. The van der Waals surface area contributed by atoms with E-state index in [2.05, 4.69) is 30.6 Å². The van der Waals surface area contributed by atoms with Gasteiger partial charge in [0, 0.05) is 24.1 Å². The summed E-state index contributed by atoms with van der Waals surface area (Å²) in [5.41, 5.74) is 1.32. The van der Waals surface area contributed by atoms with E-state index >= 15 is 0 Å². The van der Waals surface area contributed by atoms with Crippen LogP contribution in [0.5, 0.6) is 0 Å². The van der Waals surface area contributed by atoms with E-state index in [0.717, 1.165) is 12.5 Å². The van der Waals surface area contributed by atoms with Gasteiger partial charge in [0.15, 0.2) is 0 Å². The van der Waals surface area contributed by atoms with Crippen LogP contribution in [0.3, 0.4) is 0 Å². The molecule has 2 unspecified atom stereocenters. The normalized spacial score (nSPS) is 18.8. The number of ether oxygens (including phenoxy) is 1. The summed E-state index contributed by atoms with van der Waals surface area (Å²) in [6.07, 6.45) is 2.18. The molecule has 0 aliphatic heterocycles. The van der Waals surface area contributed by atoms with Crippen molar-refractivity contribution in [3.05, 3.63) is 21.9 Å². The van der Waals surface area contributed by atoms with Gasteiger partial charge in [-0.05, 0) is 49.6 Å². The van der Waals surface area contributed by atoms with Crippen molar-refractivity contribution in [2.24, 2.45) is 5.92 Å². The third-order valence-electron chi connectivity index (χ3n) is 3.32. The van der Waals surface area contributed by atoms with E-state index in [4.69, 9.17) is 4.74 Å². The highest BCUT2D eigenvalue weighted by molar-refractivity contribution is 7.10. The molecule has 1 saturated carbocycles. The summed E-state index contributed by atoms with van der Waals surface area (Å²) in [6.45, 7) is 6.11. The Bertz CT molecular complexity index is 362. The van der Waals surface area contributed by atoms with Crippen molar-refractivity contribution in [3.8, 4) is 0 Å². The van der Waals surface area contributed by atoms with Crippen LogP contribution in [-0.2, 0) is 4.74 Å². The molecule has 1 aromatic rings. The first-order valence-corrected chi connectivity index (χ1v) is 7.58. The number of nitrogens with one attached hydrogen (secondary N) is 1. The molecule has 1 fully saturated rings. The first-order valence-electron chi connectivity index (χ1n) is 6.70. The molecule has 1 heterocycles. The second-order valence-electron chi connectivity index (χ2n) is 5.23. The minimum Gasteiger partial charge on any atom is -0.389 e. The van der Waals surface area contributed by atoms with Crippen molar-refractivity contribution >= 4 is 11.3 Å². The van der Waals surface area contributed by atoms with Gasteiger partial charge in [0.2, 0.25) is 0 Å². The lowest BCUT2D eigenvalue weighted by atomic mass is 10.2. The molecule has 2 rings (SSSR count). The van der Waals surface area contributed by atoms with Crippen LogP contribution in [0.2, 0.25) is 0 Å². The maximum Gasteiger partial charge on any atom is 0.0897 e. The van der Waals surface area contributed by atoms with Crippen molar-refractivity contribution in [1.29, 1.82) is 0 Å². The van der Waals surface area contributed by atoms with Crippen molar-refractivity contribution in [2.75, 3.05) is 19.8 Å². The zero-order chi connectivity index (χ0) is 13.0. The Hall–Kier alpha value is -0.420. The van der Waals surface area contributed by atoms with Crippen LogP contribution in [-0.4, -0.2) is 31.0 Å². The summed E-state index contributed by atoms with van der Waals surface area (Å²) < 4.78 is 5.48. The van der Waals surface area contributed by atoms with Crippen LogP contribution < -0.4 is 5.32 Å². The van der Waals surface area contributed by atoms with Crippen LogP contribution in [0.4, 0.5) is 0 Å². The SMILES string of the molecule is Cc1ccsc1C(C)NCC(O)COCC1CC1. The minimum absolute atomic E-state index is 0.295. The first kappa shape index (κ1) is 14.0. The highest BCUT2D eigenvalue weighted by Gasteiger charge is 2.21. The lowest BCUT2D eigenvalue weighted by Crippen LogP contribution is -2.32. The average molecular weight is 269 g/mol. The Kier molecular flexibility index (Phi) is 5.18. The van der Waals surface area contributed by atoms with Crippen LogP contribution in [0.25, 0.3) is 0 Å². The van der Waals surface area contributed by atoms with Gasteiger partial charge in [-0.25, -0.2) is 0 Å². The van der Waals surface area contributed by atoms with Crippen LogP contribution in [0.15, 0.2) is 11.4 Å². The third kappa shape index (κ3) is 4.35. The highest BCUT2D eigenvalue weighted by Crippen LogP contribution is 2.28. The Labute approximate surface area is 113 Å². The standard InChI is InChI=1S/C14H23NO2S/c1-10-5-6-18-14(10)11(2)15-7-13(16)9-17-8-12-3-4-12/h5-6,11-13,15-16H,3-4,7-9H2,1-2H3. The fourth-order valence-electron chi connectivity index (χ4n) is 1.95. The highest BCUT2D eigenvalue weighted by atomic mass is 32.1. The Morgan fingerprint density at radius 2 is 2.33 bits per heavy atom. The zero-order valence-corrected chi connectivity index (χ0v) is 12.0. The van der Waals surface area contributed by atoms with E-state index in [0.29, 0.717) is 19.2 Å². The van der Waals surface area contributed by atoms with E-state index in [1.54, 1.807) is 11.3 Å². The molecule has 0 amide bonds. The van der Waals surface area contributed by atoms with Gasteiger partial charge in [-0.3, -0.25) is 0 Å². The molecule has 2 N–H and O–H groups in total. The molecule has 0 saturated heterocycles. The monoisotopic (exact) mass is 269 g/mol. The van der Waals surface area contributed by atoms with Crippen molar-refractivity contribution < 1.29 is 9.84 Å². The maximum atomic E-state index is 9.81. The number of aryl methyl sites for hydroxylation is 1. The number of hydrogen-bond acceptors (Lipinski definition) is 4. The average Bonchev–Trinajstić information content (AvgIpc) is 3.07. The van der Waals surface area contributed by atoms with Crippen molar-refractivity contribution in [2.45, 2.75) is 38.8 Å². The fraction of sp³-hybridized carbons (Fsp3) is 0.714. The molecule has 0 aromatic carbocycles. The number of aliphatic hydroxyl groups is 1. The van der Waals surface area contributed by atoms with Gasteiger partial charge in [0.25, 0.3) is 0 Å². The number of thiophene rings is 1. The lowest BCUT2D eigenvalue weighted by Gasteiger charge is -2.17. The molecule has 2 atom stereocenters. The van der Waals surface area contributed by atoms with E-state index < -0.39 is 6.10 Å². The molecule has 0 radical (unpaired) electrons. The zero-order valence-electron chi connectivity index (χ0n) is 11.2. The summed E-state index contributed by atoms with van der Waals surface area (Å²) >= 11 is 1.76. The molecule has 1 aliphatic carbocycles. The number of hydrogen-bond donors (Lipinski definition) is 2. The molecule has 102 valence electrons. The molecule has 0 spiro atoms. The summed E-state index contributed by atoms with van der Waals surface area (Å²) in [5.74, 6) is 0.762. The predicted molar refractivity (Wildman–Crippen MR) is 75.0 cm³/mol. The second-order valence-corrected chi connectivity index (χ2v) is 6.18. The lowest BCUT2D eigenvalue weighted by molar-refractivity contribution is 0.0315. The van der Waals surface area contributed by atoms with Crippen molar-refractivity contribution in [3.63, 3.8) is 0 Å². The molecular weight excluding hydrogens is 246 g/mol. The van der Waals surface area contributed by atoms with E-state index in [1.807, 2.05) is 0 Å². The van der Waals surface area contributed by atoms with Gasteiger partial charge in [-0.15, -0.1) is 11.3 Å². The molecule has 1 aromatic heterocycles. The summed E-state index contributed by atoms with van der Waals surface area (Å²) in [7, 11) is 0. The first-order chi connectivity index (χ1) is 8.66. The van der Waals surface area contributed by atoms with Gasteiger partial charge < -0.3 is 15.2 Å². The van der Waals surface area contributed by atoms with Crippen LogP contribution >= 0.6 is 11.3 Å². The minimum atomic E-state index is -0.411. The quantitative estimate of drug-likeness (QED) is 0.762. The van der Waals surface area contributed by atoms with Crippen LogP contribution in [0.1, 0.15) is 36.2 Å². The number of rotatable bonds is 8. The van der Waals surface area contributed by atoms with Crippen molar-refractivity contribution in [1.82, 2.24) is 5.32 Å². The van der Waals surface area contributed by atoms with Crippen LogP contribution in [0, 0.1) is 12.8 Å². The predicted octanol–water partition coefficient (Wildman–Crippen LogP) is 2.49. The summed E-state index contributed by atoms with van der Waals surface area (Å²) in [4.78, 5) is 1.35. The van der Waals surface area contributed by atoms with E-state index in [1.165, 1.54) is 23.3 Å². The molecule has 1 aliphatic rings. The largest absolute Gasteiger partial charge is 0.389 e. The molecular formula is C14H23NO2S. The maximum absolute atomic E-state index is 9.81. The Morgan fingerprint density at radius 1 is 1.56 bits per heavy atom. The number of aliphatic hydroxyl groups excluding tert-OH is 1. The van der Waals surface area contributed by atoms with E-state index in [-0.39, 0.29) is 0 Å². The molecule has 0 bridgehead atoms. The Balaban J connectivity index is 1.62. The van der Waals surface area contributed by atoms with Gasteiger partial charge in [0.1, 0.15) is 0 Å². The third-order valence-corrected chi connectivity index (χ3v) is 4.52. The van der Waals surface area contributed by atoms with Gasteiger partial charge in [-0.1, -0.05) is 0 Å². The van der Waals surface area contributed by atoms with Gasteiger partial charge >= 0.3 is 0 Å². The Morgan fingerprint density at radius 3 is 2.94 bits per heavy atom. The summed E-state index contributed by atoms with van der Waals surface area (Å²) in [6, 6.07) is 2.43. The van der Waals surface area contributed by atoms with E-state index in [9.17, 15) is 5.11 Å². The smallest absolute Gasteiger partial charge is 0.0897 e. The molecule has 4 heteroatoms. The summed E-state index contributed by atoms with van der Waals surface area (Å²) in [5, 5.41) is 15.3.